The highest BCUT2D eigenvalue weighted by Crippen LogP contribution is 2.66. The summed E-state index contributed by atoms with van der Waals surface area (Å²) < 4.78 is 0. The van der Waals surface area contributed by atoms with Crippen LogP contribution in [-0.2, 0) is 0 Å². The van der Waals surface area contributed by atoms with Crippen LogP contribution in [0.25, 0.3) is 0 Å². The molecule has 0 unspecified atom stereocenters. The molecule has 0 bridgehead atoms. The average Bonchev–Trinajstić information content (AvgIpc) is 3.11. The molecule has 2 saturated heterocycles. The van der Waals surface area contributed by atoms with Crippen molar-refractivity contribution in [3.8, 4) is 0 Å². The van der Waals surface area contributed by atoms with Gasteiger partial charge in [0.15, 0.2) is 0 Å². The van der Waals surface area contributed by atoms with Crippen molar-refractivity contribution in [2.75, 3.05) is 26.2 Å². The molecule has 10 atom stereocenters. The van der Waals surface area contributed by atoms with E-state index in [1.54, 1.807) is 0 Å². The van der Waals surface area contributed by atoms with Crippen molar-refractivity contribution < 1.29 is 10.2 Å². The number of fused-ring (bicyclic) bond motifs is 5. The maximum Gasteiger partial charge on any atom is 0.0751 e. The molecule has 4 heteroatoms. The minimum atomic E-state index is -0.138. The van der Waals surface area contributed by atoms with E-state index < -0.39 is 0 Å². The second kappa shape index (κ2) is 8.75. The topological polar surface area (TPSA) is 46.9 Å². The van der Waals surface area contributed by atoms with Crippen LogP contribution in [0.2, 0.25) is 0 Å². The fourth-order valence-corrected chi connectivity index (χ4v) is 10.5. The molecule has 0 radical (unpaired) electrons. The first-order valence-corrected chi connectivity index (χ1v) is 14.8. The van der Waals surface area contributed by atoms with Gasteiger partial charge < -0.3 is 10.2 Å². The lowest BCUT2D eigenvalue weighted by atomic mass is 9.44. The molecule has 6 aliphatic rings. The van der Waals surface area contributed by atoms with Crippen molar-refractivity contribution in [3.63, 3.8) is 0 Å². The predicted molar refractivity (Wildman–Crippen MR) is 133 cm³/mol. The number of likely N-dealkylation sites (tertiary alicyclic amines) is 2. The summed E-state index contributed by atoms with van der Waals surface area (Å²) in [5.41, 5.74) is 0.493. The third-order valence-corrected chi connectivity index (χ3v) is 12.4. The van der Waals surface area contributed by atoms with Crippen molar-refractivity contribution in [1.29, 1.82) is 0 Å². The number of hydrogen-bond acceptors (Lipinski definition) is 4. The molecular weight excluding hydrogens is 408 g/mol. The lowest BCUT2D eigenvalue weighted by Gasteiger charge is -2.62. The molecule has 0 aromatic carbocycles. The van der Waals surface area contributed by atoms with E-state index in [9.17, 15) is 10.2 Å². The van der Waals surface area contributed by atoms with Crippen LogP contribution in [0.1, 0.15) is 97.3 Å². The first-order chi connectivity index (χ1) is 15.9. The van der Waals surface area contributed by atoms with Gasteiger partial charge in [-0.05, 0) is 131 Å². The SMILES string of the molecule is C[C@]12C[C@H](N3CCCCC3)[C@@H](O)C[C@@H]1CC[C@@H]1[C@@H]2CC[C@]2(C)[C@@H](O)[C@@H](N3CCCCC3)C[C@@H]12. The molecule has 0 spiro atoms. The molecule has 33 heavy (non-hydrogen) atoms. The van der Waals surface area contributed by atoms with E-state index in [4.69, 9.17) is 0 Å². The van der Waals surface area contributed by atoms with Crippen molar-refractivity contribution >= 4 is 0 Å². The molecule has 188 valence electrons. The summed E-state index contributed by atoms with van der Waals surface area (Å²) in [6.07, 6.45) is 16.4. The van der Waals surface area contributed by atoms with E-state index in [2.05, 4.69) is 23.6 Å². The third-order valence-electron chi connectivity index (χ3n) is 12.4. The number of nitrogens with zero attached hydrogens (tertiary/aromatic N) is 2. The highest BCUT2D eigenvalue weighted by atomic mass is 16.3. The molecule has 4 nitrogen and oxygen atoms in total. The van der Waals surface area contributed by atoms with Gasteiger partial charge in [0.05, 0.1) is 12.2 Å². The maximum atomic E-state index is 11.6. The van der Waals surface area contributed by atoms with Gasteiger partial charge in [-0.25, -0.2) is 0 Å². The Kier molecular flexibility index (Phi) is 6.16. The Labute approximate surface area is 202 Å². The highest BCUT2D eigenvalue weighted by Gasteiger charge is 2.63. The summed E-state index contributed by atoms with van der Waals surface area (Å²) in [6.45, 7) is 9.88. The Bertz CT molecular complexity index is 704. The fourth-order valence-electron chi connectivity index (χ4n) is 10.5. The monoisotopic (exact) mass is 458 g/mol. The van der Waals surface area contributed by atoms with Gasteiger partial charge in [0, 0.05) is 12.1 Å². The van der Waals surface area contributed by atoms with Crippen LogP contribution in [0.15, 0.2) is 0 Å². The van der Waals surface area contributed by atoms with Gasteiger partial charge in [0.2, 0.25) is 0 Å². The Balaban J connectivity index is 1.24. The van der Waals surface area contributed by atoms with E-state index in [-0.39, 0.29) is 17.6 Å². The summed E-state index contributed by atoms with van der Waals surface area (Å²) in [5, 5.41) is 22.8. The summed E-state index contributed by atoms with van der Waals surface area (Å²) in [7, 11) is 0. The molecule has 2 heterocycles. The van der Waals surface area contributed by atoms with Gasteiger partial charge in [-0.2, -0.15) is 0 Å². The van der Waals surface area contributed by atoms with E-state index in [0.29, 0.717) is 29.3 Å². The second-order valence-corrected chi connectivity index (χ2v) is 13.7. The first-order valence-electron chi connectivity index (χ1n) is 14.8. The van der Waals surface area contributed by atoms with Crippen LogP contribution in [0.4, 0.5) is 0 Å². The quantitative estimate of drug-likeness (QED) is 0.631. The van der Waals surface area contributed by atoms with Crippen LogP contribution < -0.4 is 0 Å². The Hall–Kier alpha value is -0.160. The first kappa shape index (κ1) is 23.3. The highest BCUT2D eigenvalue weighted by molar-refractivity contribution is 5.14. The number of piperidine rings is 2. The Morgan fingerprint density at radius 3 is 1.97 bits per heavy atom. The van der Waals surface area contributed by atoms with E-state index in [0.717, 1.165) is 18.3 Å². The zero-order valence-corrected chi connectivity index (χ0v) is 21.4. The van der Waals surface area contributed by atoms with Gasteiger partial charge >= 0.3 is 0 Å². The van der Waals surface area contributed by atoms with Gasteiger partial charge in [0.1, 0.15) is 0 Å². The van der Waals surface area contributed by atoms with E-state index in [1.807, 2.05) is 0 Å². The number of hydrogen-bond donors (Lipinski definition) is 2. The standard InChI is InChI=1S/C29H50N2O2/c1-28-12-11-22-21(23(28)18-24(27(28)33)30-13-5-3-6-14-30)10-9-20-17-26(32)25(19-29(20,22)2)31-15-7-4-8-16-31/h20-27,32-33H,3-19H2,1-2H3/t20-,21+,22-,23-,24-,25-,26-,27-,28-,29-/m0/s1. The molecule has 6 rings (SSSR count). The van der Waals surface area contributed by atoms with Gasteiger partial charge in [-0.3, -0.25) is 9.80 Å². The smallest absolute Gasteiger partial charge is 0.0751 e. The van der Waals surface area contributed by atoms with Crippen molar-refractivity contribution in [2.24, 2.45) is 34.5 Å². The lowest BCUT2D eigenvalue weighted by Crippen LogP contribution is -2.60. The molecule has 6 fully saturated rings. The summed E-state index contributed by atoms with van der Waals surface area (Å²) in [5.74, 6) is 2.97. The molecule has 4 saturated carbocycles. The van der Waals surface area contributed by atoms with Crippen molar-refractivity contribution in [3.05, 3.63) is 0 Å². The van der Waals surface area contributed by atoms with Crippen LogP contribution in [0.3, 0.4) is 0 Å². The lowest BCUT2D eigenvalue weighted by molar-refractivity contribution is -0.154. The predicted octanol–water partition coefficient (Wildman–Crippen LogP) is 4.68. The van der Waals surface area contributed by atoms with E-state index >= 15 is 0 Å². The molecule has 0 amide bonds. The normalized spacial score (nSPS) is 53.8. The van der Waals surface area contributed by atoms with Crippen LogP contribution >= 0.6 is 0 Å². The van der Waals surface area contributed by atoms with Crippen molar-refractivity contribution in [1.82, 2.24) is 9.80 Å². The molecule has 2 N–H and O–H groups in total. The zero-order chi connectivity index (χ0) is 22.8. The molecule has 0 aromatic rings. The number of aliphatic hydroxyl groups excluding tert-OH is 2. The minimum Gasteiger partial charge on any atom is -0.391 e. The van der Waals surface area contributed by atoms with Crippen LogP contribution in [-0.4, -0.2) is 70.5 Å². The molecular formula is C29H50N2O2. The molecule has 4 aliphatic carbocycles. The molecule has 0 aromatic heterocycles. The second-order valence-electron chi connectivity index (χ2n) is 13.7. The zero-order valence-electron chi connectivity index (χ0n) is 21.4. The van der Waals surface area contributed by atoms with Gasteiger partial charge in [-0.1, -0.05) is 26.7 Å². The van der Waals surface area contributed by atoms with Crippen molar-refractivity contribution in [2.45, 2.75) is 122 Å². The van der Waals surface area contributed by atoms with Crippen LogP contribution in [0.5, 0.6) is 0 Å². The largest absolute Gasteiger partial charge is 0.391 e. The van der Waals surface area contributed by atoms with E-state index in [1.165, 1.54) is 103 Å². The molecule has 2 aliphatic heterocycles. The summed E-state index contributed by atoms with van der Waals surface area (Å²) >= 11 is 0. The Morgan fingerprint density at radius 1 is 0.667 bits per heavy atom. The average molecular weight is 459 g/mol. The minimum absolute atomic E-state index is 0.118. The third kappa shape index (κ3) is 3.67. The van der Waals surface area contributed by atoms with Gasteiger partial charge in [0.25, 0.3) is 0 Å². The van der Waals surface area contributed by atoms with Gasteiger partial charge in [-0.15, -0.1) is 0 Å². The fraction of sp³-hybridized carbons (Fsp3) is 1.00. The van der Waals surface area contributed by atoms with Crippen LogP contribution in [0, 0.1) is 34.5 Å². The summed E-state index contributed by atoms with van der Waals surface area (Å²) in [6, 6.07) is 0.785. The Morgan fingerprint density at radius 2 is 1.30 bits per heavy atom. The summed E-state index contributed by atoms with van der Waals surface area (Å²) in [4.78, 5) is 5.33. The number of aliphatic hydroxyl groups is 2. The maximum absolute atomic E-state index is 11.6. The number of rotatable bonds is 2.